The Morgan fingerprint density at radius 1 is 1.41 bits per heavy atom. The van der Waals surface area contributed by atoms with E-state index in [0.29, 0.717) is 13.0 Å². The van der Waals surface area contributed by atoms with E-state index in [-0.39, 0.29) is 34.1 Å². The van der Waals surface area contributed by atoms with Crippen molar-refractivity contribution in [2.75, 3.05) is 6.61 Å². The summed E-state index contributed by atoms with van der Waals surface area (Å²) in [7, 11) is 0. The third kappa shape index (κ3) is 1.47. The molecule has 3 aliphatic heterocycles. The maximum Gasteiger partial charge on any atom is 0.311 e. The summed E-state index contributed by atoms with van der Waals surface area (Å²) in [4.78, 5) is 35.0. The molecule has 0 N–H and O–H groups in total. The Hall–Kier alpha value is -0.880. The molecule has 2 bridgehead atoms. The minimum absolute atomic E-state index is 0.102. The van der Waals surface area contributed by atoms with Crippen molar-refractivity contribution in [3.05, 3.63) is 0 Å². The van der Waals surface area contributed by atoms with Crippen molar-refractivity contribution in [2.24, 2.45) is 17.8 Å². The Kier molecular flexibility index (Phi) is 2.52. The van der Waals surface area contributed by atoms with Gasteiger partial charge in [-0.05, 0) is 25.1 Å². The molecular formula is C11H12O5S. The van der Waals surface area contributed by atoms with Crippen molar-refractivity contribution < 1.29 is 23.9 Å². The van der Waals surface area contributed by atoms with Crippen molar-refractivity contribution in [1.82, 2.24) is 0 Å². The number of carbonyl (C=O) groups is 3. The van der Waals surface area contributed by atoms with E-state index < -0.39 is 12.0 Å². The quantitative estimate of drug-likeness (QED) is 0.665. The number of rotatable bonds is 2. The van der Waals surface area contributed by atoms with E-state index in [0.717, 1.165) is 11.8 Å². The molecular weight excluding hydrogens is 244 g/mol. The summed E-state index contributed by atoms with van der Waals surface area (Å²) in [6.07, 6.45) is -0.217. The van der Waals surface area contributed by atoms with Crippen LogP contribution in [0, 0.1) is 17.8 Å². The predicted octanol–water partition coefficient (Wildman–Crippen LogP) is 0.369. The molecule has 0 aromatic heterocycles. The van der Waals surface area contributed by atoms with Crippen molar-refractivity contribution >= 4 is 28.0 Å². The van der Waals surface area contributed by atoms with Gasteiger partial charge in [-0.25, -0.2) is 0 Å². The van der Waals surface area contributed by atoms with Crippen LogP contribution in [-0.4, -0.2) is 35.0 Å². The third-order valence-electron chi connectivity index (χ3n) is 3.69. The molecule has 0 unspecified atom stereocenters. The van der Waals surface area contributed by atoms with Crippen LogP contribution in [0.2, 0.25) is 0 Å². The monoisotopic (exact) mass is 256 g/mol. The summed E-state index contributed by atoms with van der Waals surface area (Å²) in [6.45, 7) is 2.07. The molecule has 3 fully saturated rings. The van der Waals surface area contributed by atoms with Gasteiger partial charge >= 0.3 is 5.97 Å². The molecule has 0 aromatic rings. The van der Waals surface area contributed by atoms with E-state index in [9.17, 15) is 14.4 Å². The van der Waals surface area contributed by atoms with Gasteiger partial charge in [-0.3, -0.25) is 14.4 Å². The van der Waals surface area contributed by atoms with Gasteiger partial charge in [0, 0.05) is 0 Å². The van der Waals surface area contributed by atoms with Gasteiger partial charge in [-0.15, -0.1) is 0 Å². The first kappa shape index (κ1) is 11.2. The summed E-state index contributed by atoms with van der Waals surface area (Å²) < 4.78 is 10.6. The second-order valence-corrected chi connectivity index (χ2v) is 5.53. The average molecular weight is 256 g/mol. The summed E-state index contributed by atoms with van der Waals surface area (Å²) in [5, 5.41) is -0.253. The van der Waals surface area contributed by atoms with Crippen LogP contribution in [0.15, 0.2) is 0 Å². The largest absolute Gasteiger partial charge is 0.466 e. The first-order valence-corrected chi connectivity index (χ1v) is 6.52. The van der Waals surface area contributed by atoms with E-state index in [4.69, 9.17) is 9.47 Å². The zero-order chi connectivity index (χ0) is 12.2. The van der Waals surface area contributed by atoms with Gasteiger partial charge in [0.25, 0.3) is 0 Å². The van der Waals surface area contributed by atoms with Crippen molar-refractivity contribution in [3.63, 3.8) is 0 Å². The van der Waals surface area contributed by atoms with Crippen molar-refractivity contribution in [2.45, 2.75) is 25.6 Å². The molecule has 3 heterocycles. The summed E-state index contributed by atoms with van der Waals surface area (Å²) in [5.74, 6) is -1.45. The Labute approximate surface area is 102 Å². The lowest BCUT2D eigenvalue weighted by atomic mass is 9.75. The molecule has 6 heteroatoms. The summed E-state index contributed by atoms with van der Waals surface area (Å²) in [6, 6.07) is 0. The molecule has 5 nitrogen and oxygen atoms in total. The highest BCUT2D eigenvalue weighted by molar-refractivity contribution is 8.26. The molecule has 0 amide bonds. The lowest BCUT2D eigenvalue weighted by molar-refractivity contribution is -0.151. The minimum Gasteiger partial charge on any atom is -0.466 e. The Morgan fingerprint density at radius 2 is 2.12 bits per heavy atom. The fourth-order valence-electron chi connectivity index (χ4n) is 3.03. The molecule has 0 radical (unpaired) electrons. The fraction of sp³-hybridized carbons (Fsp3) is 0.727. The number of thioether (sulfide) groups is 1. The number of ether oxygens (including phenoxy) is 2. The van der Waals surface area contributed by atoms with Crippen LogP contribution in [0.4, 0.5) is 0 Å². The van der Waals surface area contributed by atoms with Crippen LogP contribution < -0.4 is 0 Å². The van der Waals surface area contributed by atoms with Gasteiger partial charge in [0.15, 0.2) is 0 Å². The highest BCUT2D eigenvalue weighted by Crippen LogP contribution is 2.53. The van der Waals surface area contributed by atoms with E-state index in [1.165, 1.54) is 0 Å². The normalized spacial score (nSPS) is 43.0. The van der Waals surface area contributed by atoms with Gasteiger partial charge in [0.2, 0.25) is 10.2 Å². The second kappa shape index (κ2) is 3.81. The van der Waals surface area contributed by atoms with Crippen LogP contribution in [-0.2, 0) is 23.9 Å². The standard InChI is InChI=1S/C11H12O5S/c1-2-15-9(12)4-3-5-6-7(8(4)16-5)11(14)17-10(6)13/h4-8H,2-3H2,1H3/t4-,5-,6-,7-,8+/m0/s1. The van der Waals surface area contributed by atoms with Crippen LogP contribution in [0.25, 0.3) is 0 Å². The Morgan fingerprint density at radius 3 is 2.82 bits per heavy atom. The van der Waals surface area contributed by atoms with E-state index in [2.05, 4.69) is 0 Å². The molecule has 0 aliphatic carbocycles. The number of carbonyl (C=O) groups excluding carboxylic acids is 3. The van der Waals surface area contributed by atoms with Gasteiger partial charge in [-0.1, -0.05) is 0 Å². The van der Waals surface area contributed by atoms with Gasteiger partial charge in [0.1, 0.15) is 0 Å². The zero-order valence-electron chi connectivity index (χ0n) is 9.25. The first-order valence-electron chi connectivity index (χ1n) is 5.71. The predicted molar refractivity (Wildman–Crippen MR) is 58.0 cm³/mol. The number of fused-ring (bicyclic) bond motifs is 5. The van der Waals surface area contributed by atoms with Crippen LogP contribution in [0.5, 0.6) is 0 Å². The highest BCUT2D eigenvalue weighted by Gasteiger charge is 2.64. The van der Waals surface area contributed by atoms with Gasteiger partial charge < -0.3 is 9.47 Å². The van der Waals surface area contributed by atoms with E-state index in [1.54, 1.807) is 6.92 Å². The van der Waals surface area contributed by atoms with E-state index in [1.807, 2.05) is 0 Å². The summed E-state index contributed by atoms with van der Waals surface area (Å²) >= 11 is 0.777. The maximum atomic E-state index is 11.7. The number of hydrogen-bond donors (Lipinski definition) is 0. The van der Waals surface area contributed by atoms with E-state index >= 15 is 0 Å². The molecule has 17 heavy (non-hydrogen) atoms. The molecule has 0 aromatic carbocycles. The van der Waals surface area contributed by atoms with Gasteiger partial charge in [0.05, 0.1) is 36.6 Å². The fourth-order valence-corrected chi connectivity index (χ4v) is 4.08. The van der Waals surface area contributed by atoms with Gasteiger partial charge in [-0.2, -0.15) is 0 Å². The number of hydrogen-bond acceptors (Lipinski definition) is 6. The highest BCUT2D eigenvalue weighted by atomic mass is 32.2. The van der Waals surface area contributed by atoms with Crippen molar-refractivity contribution in [3.8, 4) is 0 Å². The smallest absolute Gasteiger partial charge is 0.311 e. The van der Waals surface area contributed by atoms with Crippen LogP contribution >= 0.6 is 11.8 Å². The topological polar surface area (TPSA) is 69.7 Å². The molecule has 3 saturated heterocycles. The zero-order valence-corrected chi connectivity index (χ0v) is 10.1. The van der Waals surface area contributed by atoms with Crippen LogP contribution in [0.3, 0.4) is 0 Å². The molecule has 3 aliphatic rings. The molecule has 92 valence electrons. The molecule has 5 atom stereocenters. The number of esters is 1. The first-order chi connectivity index (χ1) is 8.13. The van der Waals surface area contributed by atoms with Crippen molar-refractivity contribution in [1.29, 1.82) is 0 Å². The molecule has 0 spiro atoms. The lowest BCUT2D eigenvalue weighted by Crippen LogP contribution is -2.39. The molecule has 0 saturated carbocycles. The second-order valence-electron chi connectivity index (χ2n) is 4.53. The maximum absolute atomic E-state index is 11.7. The SMILES string of the molecule is CCOC(=O)[C@H]1C[C@@H]2O[C@H]1[C@H]1C(=O)SC(=O)[C@H]12. The Bertz CT molecular complexity index is 407. The third-order valence-corrected chi connectivity index (χ3v) is 4.64. The Balaban J connectivity index is 1.82. The average Bonchev–Trinajstić information content (AvgIpc) is 2.91. The lowest BCUT2D eigenvalue weighted by Gasteiger charge is -2.23. The summed E-state index contributed by atoms with van der Waals surface area (Å²) in [5.41, 5.74) is 0. The molecule has 3 rings (SSSR count). The minimum atomic E-state index is -0.449. The van der Waals surface area contributed by atoms with Crippen LogP contribution in [0.1, 0.15) is 13.3 Å².